The van der Waals surface area contributed by atoms with Crippen LogP contribution in [0.2, 0.25) is 0 Å². The molecule has 0 aliphatic carbocycles. The highest BCUT2D eigenvalue weighted by Crippen LogP contribution is 2.33. The molecule has 0 N–H and O–H groups in total. The molecule has 6 rings (SSSR count). The second-order valence-corrected chi connectivity index (χ2v) is 11.2. The molecule has 9 heteroatoms. The summed E-state index contributed by atoms with van der Waals surface area (Å²) in [5, 5.41) is 2.93. The molecule has 1 atom stereocenters. The number of rotatable bonds is 6. The molecular formula is C30H24FN3O3S2. The number of allylic oxidation sites excluding steroid dienone is 1. The molecule has 0 unspecified atom stereocenters. The van der Waals surface area contributed by atoms with E-state index in [1.807, 2.05) is 54.1 Å². The van der Waals surface area contributed by atoms with E-state index in [0.29, 0.717) is 27.1 Å². The molecule has 1 aliphatic heterocycles. The van der Waals surface area contributed by atoms with E-state index in [9.17, 15) is 14.0 Å². The molecule has 1 aliphatic rings. The molecule has 0 bridgehead atoms. The normalized spacial score (nSPS) is 15.5. The summed E-state index contributed by atoms with van der Waals surface area (Å²) in [5.41, 5.74) is 3.61. The lowest BCUT2D eigenvalue weighted by molar-refractivity contribution is -0.139. The predicted molar refractivity (Wildman–Crippen MR) is 152 cm³/mol. The van der Waals surface area contributed by atoms with Gasteiger partial charge >= 0.3 is 5.97 Å². The predicted octanol–water partition coefficient (Wildman–Crippen LogP) is 5.00. The van der Waals surface area contributed by atoms with Gasteiger partial charge in [-0.15, -0.1) is 11.3 Å². The van der Waals surface area contributed by atoms with Crippen molar-refractivity contribution < 1.29 is 13.9 Å². The van der Waals surface area contributed by atoms with Crippen LogP contribution in [0.5, 0.6) is 0 Å². The fourth-order valence-corrected chi connectivity index (χ4v) is 6.82. The molecule has 39 heavy (non-hydrogen) atoms. The number of fused-ring (bicyclic) bond motifs is 2. The summed E-state index contributed by atoms with van der Waals surface area (Å²) in [7, 11) is 0. The number of carbonyl (C=O) groups is 1. The number of halogens is 1. The standard InChI is InChI=1S/C30H24FN3O3S2/c1-3-37-29(36)26-18(2)32-30-34(27(26)24-9-6-14-38-24)28(35)25(39-30)15-20-17-33(23-8-5-4-7-22(20)23)16-19-10-12-21(31)13-11-19/h4-15,17,27H,3,16H2,1-2H3/b25-15+/t27-/m1/s1. The van der Waals surface area contributed by atoms with Crippen LogP contribution in [0.3, 0.4) is 0 Å². The molecule has 4 heterocycles. The second-order valence-electron chi connectivity index (χ2n) is 9.17. The van der Waals surface area contributed by atoms with Crippen molar-refractivity contribution in [3.05, 3.63) is 125 Å². The van der Waals surface area contributed by atoms with E-state index < -0.39 is 12.0 Å². The van der Waals surface area contributed by atoms with Crippen LogP contribution in [0.15, 0.2) is 93.3 Å². The lowest BCUT2D eigenvalue weighted by Gasteiger charge is -2.23. The van der Waals surface area contributed by atoms with Crippen LogP contribution >= 0.6 is 22.7 Å². The van der Waals surface area contributed by atoms with Gasteiger partial charge in [0.2, 0.25) is 0 Å². The molecule has 0 radical (unpaired) electrons. The Kier molecular flexibility index (Phi) is 6.62. The van der Waals surface area contributed by atoms with Crippen molar-refractivity contribution in [2.24, 2.45) is 4.99 Å². The second kappa shape index (κ2) is 10.2. The van der Waals surface area contributed by atoms with Gasteiger partial charge in [-0.25, -0.2) is 14.2 Å². The SMILES string of the molecule is CCOC(=O)C1=C(C)N=c2s/c(=C/c3cn(Cc4ccc(F)cc4)c4ccccc34)c(=O)n2[C@@H]1c1cccs1. The van der Waals surface area contributed by atoms with Crippen molar-refractivity contribution >= 4 is 45.6 Å². The van der Waals surface area contributed by atoms with Crippen molar-refractivity contribution in [1.82, 2.24) is 9.13 Å². The number of carbonyl (C=O) groups excluding carboxylic acids is 1. The molecule has 2 aromatic carbocycles. The number of para-hydroxylation sites is 1. The summed E-state index contributed by atoms with van der Waals surface area (Å²) in [6, 6.07) is 17.7. The van der Waals surface area contributed by atoms with Crippen LogP contribution in [0.25, 0.3) is 17.0 Å². The lowest BCUT2D eigenvalue weighted by Crippen LogP contribution is -2.39. The fourth-order valence-electron chi connectivity index (χ4n) is 4.96. The summed E-state index contributed by atoms with van der Waals surface area (Å²) in [6.07, 6.45) is 3.90. The number of thiophene rings is 1. The first-order valence-electron chi connectivity index (χ1n) is 12.5. The van der Waals surface area contributed by atoms with Crippen LogP contribution in [0.4, 0.5) is 4.39 Å². The highest BCUT2D eigenvalue weighted by Gasteiger charge is 2.33. The van der Waals surface area contributed by atoms with Crippen molar-refractivity contribution in [3.8, 4) is 0 Å². The average Bonchev–Trinajstić information content (AvgIpc) is 3.65. The third kappa shape index (κ3) is 4.57. The molecule has 0 spiro atoms. The topological polar surface area (TPSA) is 65.6 Å². The summed E-state index contributed by atoms with van der Waals surface area (Å²) >= 11 is 2.80. The van der Waals surface area contributed by atoms with Gasteiger partial charge in [-0.2, -0.15) is 0 Å². The number of aromatic nitrogens is 2. The number of benzene rings is 2. The molecule has 0 saturated carbocycles. The fraction of sp³-hybridized carbons (Fsp3) is 0.167. The first kappa shape index (κ1) is 25.2. The smallest absolute Gasteiger partial charge is 0.338 e. The molecule has 3 aromatic heterocycles. The summed E-state index contributed by atoms with van der Waals surface area (Å²) in [6.45, 7) is 4.35. The van der Waals surface area contributed by atoms with E-state index in [1.165, 1.54) is 34.8 Å². The molecule has 0 saturated heterocycles. The van der Waals surface area contributed by atoms with E-state index in [4.69, 9.17) is 4.74 Å². The van der Waals surface area contributed by atoms with E-state index in [2.05, 4.69) is 9.56 Å². The van der Waals surface area contributed by atoms with E-state index in [0.717, 1.165) is 26.9 Å². The number of esters is 1. The molecule has 6 nitrogen and oxygen atoms in total. The summed E-state index contributed by atoms with van der Waals surface area (Å²) in [4.78, 5) is 32.9. The Morgan fingerprint density at radius 2 is 1.92 bits per heavy atom. The first-order valence-corrected chi connectivity index (χ1v) is 14.2. The minimum Gasteiger partial charge on any atom is -0.463 e. The van der Waals surface area contributed by atoms with Crippen LogP contribution in [-0.2, 0) is 16.1 Å². The minimum absolute atomic E-state index is 0.207. The molecule has 0 fully saturated rings. The van der Waals surface area contributed by atoms with Gasteiger partial charge in [0, 0.05) is 34.1 Å². The van der Waals surface area contributed by atoms with Gasteiger partial charge in [0.05, 0.1) is 22.4 Å². The van der Waals surface area contributed by atoms with Crippen LogP contribution < -0.4 is 14.9 Å². The highest BCUT2D eigenvalue weighted by molar-refractivity contribution is 7.10. The summed E-state index contributed by atoms with van der Waals surface area (Å²) < 4.78 is 23.0. The van der Waals surface area contributed by atoms with Gasteiger partial charge in [-0.1, -0.05) is 47.7 Å². The molecular weight excluding hydrogens is 533 g/mol. The monoisotopic (exact) mass is 557 g/mol. The number of ether oxygens (including phenoxy) is 1. The zero-order valence-corrected chi connectivity index (χ0v) is 22.9. The molecule has 5 aromatic rings. The highest BCUT2D eigenvalue weighted by atomic mass is 32.1. The number of thiazole rings is 1. The zero-order valence-electron chi connectivity index (χ0n) is 21.3. The van der Waals surface area contributed by atoms with Gasteiger partial charge in [0.25, 0.3) is 5.56 Å². The van der Waals surface area contributed by atoms with E-state index >= 15 is 0 Å². The molecule has 196 valence electrons. The maximum absolute atomic E-state index is 13.9. The van der Waals surface area contributed by atoms with Crippen LogP contribution in [0.1, 0.15) is 35.9 Å². The summed E-state index contributed by atoms with van der Waals surface area (Å²) in [5.74, 6) is -0.732. The van der Waals surface area contributed by atoms with Gasteiger partial charge in [-0.3, -0.25) is 9.36 Å². The third-order valence-electron chi connectivity index (χ3n) is 6.70. The van der Waals surface area contributed by atoms with Crippen molar-refractivity contribution in [2.75, 3.05) is 6.61 Å². The van der Waals surface area contributed by atoms with Crippen molar-refractivity contribution in [3.63, 3.8) is 0 Å². The Morgan fingerprint density at radius 3 is 2.67 bits per heavy atom. The number of hydrogen-bond donors (Lipinski definition) is 0. The van der Waals surface area contributed by atoms with Gasteiger partial charge in [-0.05, 0) is 55.1 Å². The van der Waals surface area contributed by atoms with Crippen molar-refractivity contribution in [1.29, 1.82) is 0 Å². The maximum atomic E-state index is 13.9. The Morgan fingerprint density at radius 1 is 1.13 bits per heavy atom. The Bertz CT molecular complexity index is 1910. The van der Waals surface area contributed by atoms with E-state index in [-0.39, 0.29) is 18.0 Å². The first-order chi connectivity index (χ1) is 18.9. The van der Waals surface area contributed by atoms with Crippen molar-refractivity contribution in [2.45, 2.75) is 26.4 Å². The van der Waals surface area contributed by atoms with Gasteiger partial charge in [0.1, 0.15) is 11.9 Å². The average molecular weight is 558 g/mol. The Balaban J connectivity index is 1.50. The third-order valence-corrected chi connectivity index (χ3v) is 8.61. The number of nitrogens with zero attached hydrogens (tertiary/aromatic N) is 3. The largest absolute Gasteiger partial charge is 0.463 e. The minimum atomic E-state index is -0.595. The maximum Gasteiger partial charge on any atom is 0.338 e. The Labute approximate surface area is 231 Å². The van der Waals surface area contributed by atoms with Gasteiger partial charge in [0.15, 0.2) is 4.80 Å². The van der Waals surface area contributed by atoms with Gasteiger partial charge < -0.3 is 9.30 Å². The lowest BCUT2D eigenvalue weighted by atomic mass is 10.0. The quantitative estimate of drug-likeness (QED) is 0.276. The zero-order chi connectivity index (χ0) is 27.1. The van der Waals surface area contributed by atoms with Crippen LogP contribution in [0, 0.1) is 5.82 Å². The number of hydrogen-bond acceptors (Lipinski definition) is 6. The van der Waals surface area contributed by atoms with E-state index in [1.54, 1.807) is 30.5 Å². The molecule has 0 amide bonds. The van der Waals surface area contributed by atoms with Crippen LogP contribution in [-0.4, -0.2) is 21.7 Å². The Hall–Kier alpha value is -4.08.